The van der Waals surface area contributed by atoms with Crippen LogP contribution in [0.3, 0.4) is 0 Å². The Kier molecular flexibility index (Phi) is 5.64. The highest BCUT2D eigenvalue weighted by Crippen LogP contribution is 2.33. The first-order valence-electron chi connectivity index (χ1n) is 9.11. The number of aromatic nitrogens is 2. The average molecular weight is 438 g/mol. The smallest absolute Gasteiger partial charge is 0.350 e. The third kappa shape index (κ3) is 4.81. The zero-order valence-electron chi connectivity index (χ0n) is 16.8. The van der Waals surface area contributed by atoms with Crippen molar-refractivity contribution in [2.45, 2.75) is 39.4 Å². The van der Waals surface area contributed by atoms with E-state index >= 15 is 0 Å². The van der Waals surface area contributed by atoms with Crippen LogP contribution in [0.5, 0.6) is 0 Å². The lowest BCUT2D eigenvalue weighted by Gasteiger charge is -2.20. The number of fused-ring (bicyclic) bond motifs is 1. The summed E-state index contributed by atoms with van der Waals surface area (Å²) in [5, 5.41) is 10.3. The Morgan fingerprint density at radius 2 is 1.87 bits per heavy atom. The highest BCUT2D eigenvalue weighted by Gasteiger charge is 2.31. The number of nitrogens with one attached hydrogen (secondary N) is 2. The second kappa shape index (κ2) is 7.75. The van der Waals surface area contributed by atoms with Crippen molar-refractivity contribution in [3.05, 3.63) is 46.5 Å². The number of benzene rings is 1. The van der Waals surface area contributed by atoms with Gasteiger partial charge in [0.1, 0.15) is 4.83 Å². The maximum atomic E-state index is 13.1. The van der Waals surface area contributed by atoms with Gasteiger partial charge in [0.15, 0.2) is 0 Å². The predicted molar refractivity (Wildman–Crippen MR) is 109 cm³/mol. The molecule has 3 aromatic rings. The number of carbonyl (C=O) groups is 2. The fourth-order valence-corrected chi connectivity index (χ4v) is 3.96. The van der Waals surface area contributed by atoms with E-state index in [9.17, 15) is 22.8 Å². The zero-order valence-corrected chi connectivity index (χ0v) is 17.7. The molecule has 0 aliphatic carbocycles. The van der Waals surface area contributed by atoms with Gasteiger partial charge in [-0.15, -0.1) is 11.3 Å². The lowest BCUT2D eigenvalue weighted by atomic mass is 10.1. The number of hydrogen-bond donors (Lipinski definition) is 2. The normalized spacial score (nSPS) is 12.2. The van der Waals surface area contributed by atoms with Gasteiger partial charge in [-0.3, -0.25) is 9.59 Å². The number of thiophene rings is 1. The van der Waals surface area contributed by atoms with E-state index in [0.717, 1.165) is 23.5 Å². The molecule has 0 radical (unpaired) electrons. The summed E-state index contributed by atoms with van der Waals surface area (Å²) >= 11 is 1.10. The number of aryl methyl sites for hydroxylation is 1. The van der Waals surface area contributed by atoms with Gasteiger partial charge in [0.05, 0.1) is 28.4 Å². The monoisotopic (exact) mass is 438 g/mol. The van der Waals surface area contributed by atoms with Crippen LogP contribution in [0.25, 0.3) is 15.9 Å². The Balaban J connectivity index is 1.86. The topological polar surface area (TPSA) is 76.0 Å². The van der Waals surface area contributed by atoms with Gasteiger partial charge >= 0.3 is 6.18 Å². The Bertz CT molecular complexity index is 1110. The molecule has 2 amide bonds. The van der Waals surface area contributed by atoms with E-state index in [4.69, 9.17) is 0 Å². The van der Waals surface area contributed by atoms with Crippen molar-refractivity contribution in [1.82, 2.24) is 20.4 Å². The van der Waals surface area contributed by atoms with E-state index < -0.39 is 23.2 Å². The van der Waals surface area contributed by atoms with E-state index in [1.54, 1.807) is 13.0 Å². The number of amides is 2. The third-order valence-corrected chi connectivity index (χ3v) is 5.22. The van der Waals surface area contributed by atoms with Crippen LogP contribution in [0.2, 0.25) is 0 Å². The van der Waals surface area contributed by atoms with Crippen LogP contribution in [0.1, 0.15) is 41.7 Å². The largest absolute Gasteiger partial charge is 0.416 e. The first kappa shape index (κ1) is 21.8. The molecule has 6 nitrogen and oxygen atoms in total. The van der Waals surface area contributed by atoms with Gasteiger partial charge in [-0.25, -0.2) is 4.68 Å². The van der Waals surface area contributed by atoms with Gasteiger partial charge in [0, 0.05) is 10.9 Å². The van der Waals surface area contributed by atoms with Crippen molar-refractivity contribution in [3.8, 4) is 5.69 Å². The predicted octanol–water partition coefficient (Wildman–Crippen LogP) is 4.06. The minimum Gasteiger partial charge on any atom is -0.350 e. The van der Waals surface area contributed by atoms with Gasteiger partial charge in [-0.05, 0) is 52.0 Å². The highest BCUT2D eigenvalue weighted by atomic mass is 32.1. The van der Waals surface area contributed by atoms with Gasteiger partial charge in [0.2, 0.25) is 5.91 Å². The molecule has 160 valence electrons. The molecule has 0 fully saturated rings. The van der Waals surface area contributed by atoms with E-state index in [1.165, 1.54) is 16.8 Å². The SMILES string of the molecule is Cc1nn(-c2cccc(C(F)(F)F)c2)c2sc(C(=O)NCC(=O)NC(C)(C)C)cc12. The van der Waals surface area contributed by atoms with Crippen LogP contribution in [-0.4, -0.2) is 33.7 Å². The molecular weight excluding hydrogens is 417 g/mol. The molecule has 2 aromatic heterocycles. The van der Waals surface area contributed by atoms with Gasteiger partial charge in [0.25, 0.3) is 5.91 Å². The molecule has 0 spiro atoms. The maximum absolute atomic E-state index is 13.1. The van der Waals surface area contributed by atoms with Crippen molar-refractivity contribution in [3.63, 3.8) is 0 Å². The Hall–Kier alpha value is -2.88. The van der Waals surface area contributed by atoms with Crippen molar-refractivity contribution < 1.29 is 22.8 Å². The maximum Gasteiger partial charge on any atom is 0.416 e. The third-order valence-electron chi connectivity index (χ3n) is 4.11. The van der Waals surface area contributed by atoms with E-state index in [-0.39, 0.29) is 18.1 Å². The fraction of sp³-hybridized carbons (Fsp3) is 0.350. The zero-order chi connectivity index (χ0) is 22.3. The molecule has 0 bridgehead atoms. The quantitative estimate of drug-likeness (QED) is 0.645. The summed E-state index contributed by atoms with van der Waals surface area (Å²) in [5.41, 5.74) is -0.351. The number of rotatable bonds is 4. The summed E-state index contributed by atoms with van der Waals surface area (Å²) in [7, 11) is 0. The molecule has 0 saturated carbocycles. The molecule has 3 rings (SSSR count). The van der Waals surface area contributed by atoms with Gasteiger partial charge < -0.3 is 10.6 Å². The Labute approximate surface area is 175 Å². The van der Waals surface area contributed by atoms with Crippen LogP contribution in [0.15, 0.2) is 30.3 Å². The van der Waals surface area contributed by atoms with E-state index in [2.05, 4.69) is 15.7 Å². The summed E-state index contributed by atoms with van der Waals surface area (Å²) in [6.45, 7) is 7.05. The number of nitrogens with zero attached hydrogens (tertiary/aromatic N) is 2. The summed E-state index contributed by atoms with van der Waals surface area (Å²) in [4.78, 5) is 25.3. The van der Waals surface area contributed by atoms with E-state index in [0.29, 0.717) is 20.8 Å². The molecule has 0 aliphatic rings. The first-order valence-corrected chi connectivity index (χ1v) is 9.93. The van der Waals surface area contributed by atoms with Crippen LogP contribution >= 0.6 is 11.3 Å². The minimum atomic E-state index is -4.47. The number of hydrogen-bond acceptors (Lipinski definition) is 4. The molecule has 0 unspecified atom stereocenters. The molecule has 1 aromatic carbocycles. The second-order valence-corrected chi connectivity index (χ2v) is 8.89. The molecular formula is C20H21F3N4O2S. The van der Waals surface area contributed by atoms with Gasteiger partial charge in [-0.2, -0.15) is 18.3 Å². The van der Waals surface area contributed by atoms with Crippen LogP contribution in [0.4, 0.5) is 13.2 Å². The first-order chi connectivity index (χ1) is 13.8. The lowest BCUT2D eigenvalue weighted by Crippen LogP contribution is -2.45. The minimum absolute atomic E-state index is 0.177. The van der Waals surface area contributed by atoms with E-state index in [1.807, 2.05) is 20.8 Å². The number of carbonyl (C=O) groups excluding carboxylic acids is 2. The summed E-state index contributed by atoms with van der Waals surface area (Å²) in [6.07, 6.45) is -4.47. The molecule has 0 saturated heterocycles. The Morgan fingerprint density at radius 1 is 1.17 bits per heavy atom. The number of halogens is 3. The molecule has 30 heavy (non-hydrogen) atoms. The Morgan fingerprint density at radius 3 is 2.50 bits per heavy atom. The summed E-state index contributed by atoms with van der Waals surface area (Å²) in [6, 6.07) is 6.48. The van der Waals surface area contributed by atoms with Crippen molar-refractivity contribution in [1.29, 1.82) is 0 Å². The second-order valence-electron chi connectivity index (χ2n) is 7.86. The van der Waals surface area contributed by atoms with Crippen molar-refractivity contribution in [2.24, 2.45) is 0 Å². The molecule has 2 N–H and O–H groups in total. The highest BCUT2D eigenvalue weighted by molar-refractivity contribution is 7.20. The molecule has 2 heterocycles. The van der Waals surface area contributed by atoms with Crippen LogP contribution < -0.4 is 10.6 Å². The van der Waals surface area contributed by atoms with Gasteiger partial charge in [-0.1, -0.05) is 6.07 Å². The molecule has 10 heteroatoms. The number of alkyl halides is 3. The standard InChI is InChI=1S/C20H21F3N4O2S/c1-11-14-9-15(17(29)24-10-16(28)25-19(2,3)4)30-18(14)27(26-11)13-7-5-6-12(8-13)20(21,22)23/h5-9H,10H2,1-4H3,(H,24,29)(H,25,28). The fourth-order valence-electron chi connectivity index (χ4n) is 2.86. The molecule has 0 atom stereocenters. The lowest BCUT2D eigenvalue weighted by molar-refractivity contribution is -0.137. The average Bonchev–Trinajstić information content (AvgIpc) is 3.18. The van der Waals surface area contributed by atoms with Crippen LogP contribution in [0, 0.1) is 6.92 Å². The summed E-state index contributed by atoms with van der Waals surface area (Å²) < 4.78 is 40.6. The summed E-state index contributed by atoms with van der Waals surface area (Å²) in [5.74, 6) is -0.751. The van der Waals surface area contributed by atoms with Crippen molar-refractivity contribution in [2.75, 3.05) is 6.54 Å². The van der Waals surface area contributed by atoms with Crippen molar-refractivity contribution >= 4 is 33.4 Å². The molecule has 0 aliphatic heterocycles. The van der Waals surface area contributed by atoms with Crippen LogP contribution in [-0.2, 0) is 11.0 Å².